The molecule has 0 atom stereocenters. The van der Waals surface area contributed by atoms with Gasteiger partial charge in [-0.15, -0.1) is 0 Å². The van der Waals surface area contributed by atoms with Crippen LogP contribution in [0, 0.1) is 0 Å². The van der Waals surface area contributed by atoms with Crippen LogP contribution in [0.2, 0.25) is 0 Å². The minimum absolute atomic E-state index is 0.0519. The summed E-state index contributed by atoms with van der Waals surface area (Å²) in [6.07, 6.45) is 7.92. The summed E-state index contributed by atoms with van der Waals surface area (Å²) in [7, 11) is 0. The highest BCUT2D eigenvalue weighted by molar-refractivity contribution is 5.65. The van der Waals surface area contributed by atoms with Gasteiger partial charge in [-0.3, -0.25) is 4.98 Å². The Bertz CT molecular complexity index is 787. The third kappa shape index (κ3) is 3.94. The lowest BCUT2D eigenvalue weighted by Crippen LogP contribution is -2.41. The monoisotopic (exact) mass is 369 g/mol. The lowest BCUT2D eigenvalue weighted by atomic mass is 10.1. The standard InChI is InChI=1S/C19H23N5O3/c25-19(26)24-11-5-15(6-12-24)27-18-17(23-9-1-2-10-23)21-13-16(22-18)14-3-7-20-8-4-14/h3-4,7-8,13,15H,1-2,5-6,9-12H2,(H,25,26). The number of aromatic nitrogens is 3. The third-order valence-electron chi connectivity index (χ3n) is 5.09. The van der Waals surface area contributed by atoms with Crippen LogP contribution in [-0.2, 0) is 0 Å². The predicted molar refractivity (Wildman–Crippen MR) is 100.0 cm³/mol. The van der Waals surface area contributed by atoms with Crippen molar-refractivity contribution >= 4 is 11.9 Å². The van der Waals surface area contributed by atoms with Crippen LogP contribution in [0.3, 0.4) is 0 Å². The molecule has 142 valence electrons. The second-order valence-corrected chi connectivity index (χ2v) is 6.90. The Morgan fingerprint density at radius 2 is 1.81 bits per heavy atom. The minimum atomic E-state index is -0.870. The molecular formula is C19H23N5O3. The molecule has 1 amide bonds. The molecule has 0 aliphatic carbocycles. The Hall–Kier alpha value is -2.90. The molecule has 4 rings (SSSR count). The highest BCUT2D eigenvalue weighted by atomic mass is 16.5. The quantitative estimate of drug-likeness (QED) is 0.886. The Morgan fingerprint density at radius 1 is 1.11 bits per heavy atom. The van der Waals surface area contributed by atoms with E-state index in [-0.39, 0.29) is 6.10 Å². The van der Waals surface area contributed by atoms with E-state index in [0.717, 1.165) is 43.0 Å². The van der Waals surface area contributed by atoms with Gasteiger partial charge in [0.05, 0.1) is 11.9 Å². The van der Waals surface area contributed by atoms with E-state index in [0.29, 0.717) is 31.8 Å². The molecule has 2 aromatic heterocycles. The Morgan fingerprint density at radius 3 is 2.48 bits per heavy atom. The summed E-state index contributed by atoms with van der Waals surface area (Å²) >= 11 is 0. The number of carbonyl (C=O) groups is 1. The van der Waals surface area contributed by atoms with E-state index in [1.165, 1.54) is 4.90 Å². The molecule has 27 heavy (non-hydrogen) atoms. The smallest absolute Gasteiger partial charge is 0.407 e. The summed E-state index contributed by atoms with van der Waals surface area (Å²) in [5.74, 6) is 1.32. The van der Waals surface area contributed by atoms with Gasteiger partial charge in [-0.2, -0.15) is 0 Å². The summed E-state index contributed by atoms with van der Waals surface area (Å²) in [4.78, 5) is 28.2. The van der Waals surface area contributed by atoms with E-state index in [2.05, 4.69) is 14.9 Å². The van der Waals surface area contributed by atoms with Gasteiger partial charge in [0.15, 0.2) is 5.82 Å². The highest BCUT2D eigenvalue weighted by Crippen LogP contribution is 2.31. The van der Waals surface area contributed by atoms with Gasteiger partial charge in [-0.05, 0) is 25.0 Å². The summed E-state index contributed by atoms with van der Waals surface area (Å²) in [5.41, 5.74) is 1.69. The molecular weight excluding hydrogens is 346 g/mol. The van der Waals surface area contributed by atoms with Crippen molar-refractivity contribution in [2.24, 2.45) is 0 Å². The lowest BCUT2D eigenvalue weighted by molar-refractivity contribution is 0.0872. The van der Waals surface area contributed by atoms with E-state index in [4.69, 9.17) is 14.8 Å². The third-order valence-corrected chi connectivity index (χ3v) is 5.09. The van der Waals surface area contributed by atoms with Gasteiger partial charge in [0.1, 0.15) is 6.10 Å². The van der Waals surface area contributed by atoms with E-state index >= 15 is 0 Å². The maximum absolute atomic E-state index is 11.1. The maximum Gasteiger partial charge on any atom is 0.407 e. The summed E-state index contributed by atoms with van der Waals surface area (Å²) in [6.45, 7) is 2.88. The summed E-state index contributed by atoms with van der Waals surface area (Å²) < 4.78 is 6.24. The van der Waals surface area contributed by atoms with Crippen LogP contribution < -0.4 is 9.64 Å². The van der Waals surface area contributed by atoms with Crippen LogP contribution in [0.4, 0.5) is 10.6 Å². The van der Waals surface area contributed by atoms with Gasteiger partial charge in [-0.1, -0.05) is 0 Å². The fourth-order valence-corrected chi connectivity index (χ4v) is 3.58. The first-order chi connectivity index (χ1) is 13.2. The normalized spacial score (nSPS) is 17.9. The molecule has 2 aliphatic rings. The first-order valence-electron chi connectivity index (χ1n) is 9.37. The number of ether oxygens (including phenoxy) is 1. The number of piperidine rings is 1. The van der Waals surface area contributed by atoms with Gasteiger partial charge in [0.25, 0.3) is 5.88 Å². The molecule has 8 nitrogen and oxygen atoms in total. The van der Waals surface area contributed by atoms with Crippen molar-refractivity contribution in [2.45, 2.75) is 31.8 Å². The highest BCUT2D eigenvalue weighted by Gasteiger charge is 2.27. The van der Waals surface area contributed by atoms with E-state index in [1.54, 1.807) is 18.6 Å². The number of carboxylic acid groups (broad SMARTS) is 1. The molecule has 0 aromatic carbocycles. The summed E-state index contributed by atoms with van der Waals surface area (Å²) in [6, 6.07) is 3.79. The number of hydrogen-bond donors (Lipinski definition) is 1. The number of hydrogen-bond acceptors (Lipinski definition) is 6. The van der Waals surface area contributed by atoms with Crippen LogP contribution in [0.1, 0.15) is 25.7 Å². The minimum Gasteiger partial charge on any atom is -0.472 e. The molecule has 1 N–H and O–H groups in total. The predicted octanol–water partition coefficient (Wildman–Crippen LogP) is 2.66. The fourth-order valence-electron chi connectivity index (χ4n) is 3.58. The van der Waals surface area contributed by atoms with Crippen molar-refractivity contribution in [1.29, 1.82) is 0 Å². The Labute approximate surface area is 157 Å². The fraction of sp³-hybridized carbons (Fsp3) is 0.474. The van der Waals surface area contributed by atoms with Crippen LogP contribution in [0.15, 0.2) is 30.7 Å². The van der Waals surface area contributed by atoms with E-state index < -0.39 is 6.09 Å². The summed E-state index contributed by atoms with van der Waals surface area (Å²) in [5, 5.41) is 9.12. The molecule has 2 aliphatic heterocycles. The van der Waals surface area contributed by atoms with Gasteiger partial charge in [0, 0.05) is 57.0 Å². The molecule has 0 radical (unpaired) electrons. The molecule has 2 saturated heterocycles. The number of pyridine rings is 1. The van der Waals surface area contributed by atoms with Gasteiger partial charge >= 0.3 is 6.09 Å². The Kier molecular flexibility index (Phi) is 5.04. The van der Waals surface area contributed by atoms with Gasteiger partial charge in [-0.25, -0.2) is 14.8 Å². The van der Waals surface area contributed by atoms with E-state index in [9.17, 15) is 4.79 Å². The molecule has 0 unspecified atom stereocenters. The molecule has 0 bridgehead atoms. The molecule has 8 heteroatoms. The van der Waals surface area contributed by atoms with Crippen molar-refractivity contribution < 1.29 is 14.6 Å². The van der Waals surface area contributed by atoms with Crippen LogP contribution in [0.5, 0.6) is 5.88 Å². The largest absolute Gasteiger partial charge is 0.472 e. The second kappa shape index (κ2) is 7.77. The lowest BCUT2D eigenvalue weighted by Gasteiger charge is -2.31. The number of nitrogens with zero attached hydrogens (tertiary/aromatic N) is 5. The van der Waals surface area contributed by atoms with Crippen molar-refractivity contribution in [3.63, 3.8) is 0 Å². The molecule has 0 saturated carbocycles. The maximum atomic E-state index is 11.1. The SMILES string of the molecule is O=C(O)N1CCC(Oc2nc(-c3ccncc3)cnc2N2CCCC2)CC1. The van der Waals surface area contributed by atoms with Crippen LogP contribution in [-0.4, -0.2) is 63.3 Å². The van der Waals surface area contributed by atoms with E-state index in [1.807, 2.05) is 12.1 Å². The number of rotatable bonds is 4. The molecule has 2 aromatic rings. The molecule has 0 spiro atoms. The zero-order chi connectivity index (χ0) is 18.6. The molecule has 2 fully saturated rings. The average molecular weight is 369 g/mol. The van der Waals surface area contributed by atoms with Gasteiger partial charge < -0.3 is 19.6 Å². The van der Waals surface area contributed by atoms with Crippen LogP contribution >= 0.6 is 0 Å². The number of anilines is 1. The second-order valence-electron chi connectivity index (χ2n) is 6.90. The van der Waals surface area contributed by atoms with Gasteiger partial charge in [0.2, 0.25) is 0 Å². The van der Waals surface area contributed by atoms with Crippen molar-refractivity contribution in [1.82, 2.24) is 19.9 Å². The zero-order valence-electron chi connectivity index (χ0n) is 15.1. The topological polar surface area (TPSA) is 91.7 Å². The first kappa shape index (κ1) is 17.5. The first-order valence-corrected chi connectivity index (χ1v) is 9.37. The Balaban J connectivity index is 1.57. The van der Waals surface area contributed by atoms with Crippen molar-refractivity contribution in [3.8, 4) is 17.1 Å². The van der Waals surface area contributed by atoms with Crippen molar-refractivity contribution in [2.75, 3.05) is 31.1 Å². The molecule has 4 heterocycles. The number of amides is 1. The average Bonchev–Trinajstić information content (AvgIpc) is 3.24. The number of likely N-dealkylation sites (tertiary alicyclic amines) is 1. The zero-order valence-corrected chi connectivity index (χ0v) is 15.1. The van der Waals surface area contributed by atoms with Crippen molar-refractivity contribution in [3.05, 3.63) is 30.7 Å². The van der Waals surface area contributed by atoms with Crippen LogP contribution in [0.25, 0.3) is 11.3 Å².